The van der Waals surface area contributed by atoms with E-state index < -0.39 is 31.1 Å². The standard InChI is InChI=1S/C26H30N6O7/c1-37-16-5-7-17(8-6-16)38-26(36)31-11-9-15(10-12-31)3-2-4-19-29-23(27)20-24(30-19)32(14-28-20)25-22(35)21(34)18(13-33)39-25/h5-8,14-15,18,21-22,25,33-35H,3,9-13H2,1H3,(H2,27,29,30)/t18-,21+,22?,25-/m1/s1. The Hall–Kier alpha value is -3.96. The molecule has 2 aliphatic heterocycles. The fourth-order valence-electron chi connectivity index (χ4n) is 4.69. The number of nitrogens with zero attached hydrogens (tertiary/aromatic N) is 5. The number of carbonyl (C=O) groups is 1. The van der Waals surface area contributed by atoms with Crippen LogP contribution in [0.3, 0.4) is 0 Å². The number of carbonyl (C=O) groups excluding carboxylic acids is 1. The number of methoxy groups -OCH3 is 1. The zero-order chi connectivity index (χ0) is 27.5. The summed E-state index contributed by atoms with van der Waals surface area (Å²) >= 11 is 0. The first-order chi connectivity index (χ1) is 18.9. The number of fused-ring (bicyclic) bond motifs is 1. The van der Waals surface area contributed by atoms with Crippen molar-refractivity contribution in [3.63, 3.8) is 0 Å². The number of aromatic nitrogens is 4. The van der Waals surface area contributed by atoms with E-state index in [1.807, 2.05) is 0 Å². The van der Waals surface area contributed by atoms with Gasteiger partial charge in [-0.3, -0.25) is 4.57 Å². The number of nitrogen functional groups attached to an aromatic ring is 1. The van der Waals surface area contributed by atoms with E-state index in [2.05, 4.69) is 26.8 Å². The van der Waals surface area contributed by atoms with Gasteiger partial charge in [0.15, 0.2) is 17.7 Å². The van der Waals surface area contributed by atoms with Crippen LogP contribution in [-0.2, 0) is 4.74 Å². The van der Waals surface area contributed by atoms with Crippen LogP contribution in [0.4, 0.5) is 10.6 Å². The number of aliphatic hydroxyl groups is 3. The first-order valence-electron chi connectivity index (χ1n) is 12.6. The van der Waals surface area contributed by atoms with Gasteiger partial charge >= 0.3 is 6.09 Å². The Bertz CT molecular complexity index is 1380. The van der Waals surface area contributed by atoms with Crippen molar-refractivity contribution in [1.82, 2.24) is 24.4 Å². The lowest BCUT2D eigenvalue weighted by molar-refractivity contribution is -0.0511. The summed E-state index contributed by atoms with van der Waals surface area (Å²) in [4.78, 5) is 27.1. The Morgan fingerprint density at radius 3 is 2.54 bits per heavy atom. The molecule has 0 spiro atoms. The maximum atomic E-state index is 12.5. The van der Waals surface area contributed by atoms with Gasteiger partial charge < -0.3 is 40.2 Å². The lowest BCUT2D eigenvalue weighted by atomic mass is 9.94. The van der Waals surface area contributed by atoms with Gasteiger partial charge in [0.05, 0.1) is 20.0 Å². The van der Waals surface area contributed by atoms with Crippen molar-refractivity contribution in [1.29, 1.82) is 0 Å². The lowest BCUT2D eigenvalue weighted by Crippen LogP contribution is -2.40. The van der Waals surface area contributed by atoms with Crippen molar-refractivity contribution in [2.45, 2.75) is 43.8 Å². The summed E-state index contributed by atoms with van der Waals surface area (Å²) < 4.78 is 17.6. The van der Waals surface area contributed by atoms with E-state index in [9.17, 15) is 20.1 Å². The molecule has 39 heavy (non-hydrogen) atoms. The minimum Gasteiger partial charge on any atom is -0.497 e. The van der Waals surface area contributed by atoms with E-state index in [4.69, 9.17) is 19.9 Å². The molecule has 2 aromatic heterocycles. The SMILES string of the molecule is COc1ccc(OC(=O)N2CCC(CC#Cc3nc(N)c4ncn([C@@H]5O[C@H](CO)[C@H](O)C5O)c4n3)CC2)cc1. The predicted octanol–water partition coefficient (Wildman–Crippen LogP) is 0.681. The van der Waals surface area contributed by atoms with Gasteiger partial charge in [-0.1, -0.05) is 5.92 Å². The number of nitrogens with two attached hydrogens (primary N) is 1. The van der Waals surface area contributed by atoms with Crippen molar-refractivity contribution in [3.05, 3.63) is 36.4 Å². The average molecular weight is 539 g/mol. The second-order valence-corrected chi connectivity index (χ2v) is 9.47. The van der Waals surface area contributed by atoms with E-state index in [1.165, 1.54) is 10.9 Å². The first kappa shape index (κ1) is 26.6. The molecule has 2 saturated heterocycles. The van der Waals surface area contributed by atoms with E-state index >= 15 is 0 Å². The van der Waals surface area contributed by atoms with Crippen LogP contribution in [0, 0.1) is 17.8 Å². The topological polar surface area (TPSA) is 178 Å². The fraction of sp³-hybridized carbons (Fsp3) is 0.462. The lowest BCUT2D eigenvalue weighted by Gasteiger charge is -2.30. The highest BCUT2D eigenvalue weighted by atomic mass is 16.6. The molecule has 2 fully saturated rings. The number of benzene rings is 1. The number of aliphatic hydroxyl groups excluding tert-OH is 3. The van der Waals surface area contributed by atoms with Crippen LogP contribution in [0.1, 0.15) is 31.3 Å². The largest absolute Gasteiger partial charge is 0.497 e. The fourth-order valence-corrected chi connectivity index (χ4v) is 4.69. The van der Waals surface area contributed by atoms with Crippen LogP contribution in [0.15, 0.2) is 30.6 Å². The molecule has 5 rings (SSSR count). The number of hydrogen-bond donors (Lipinski definition) is 4. The number of imidazole rings is 1. The number of rotatable bonds is 5. The first-order valence-corrected chi connectivity index (χ1v) is 12.6. The summed E-state index contributed by atoms with van der Waals surface area (Å²) in [6, 6.07) is 6.85. The summed E-state index contributed by atoms with van der Waals surface area (Å²) in [5.41, 5.74) is 6.68. The normalized spacial score (nSPS) is 23.4. The molecule has 4 atom stereocenters. The van der Waals surface area contributed by atoms with E-state index in [0.717, 1.165) is 12.8 Å². The van der Waals surface area contributed by atoms with Crippen LogP contribution in [0.2, 0.25) is 0 Å². The second-order valence-electron chi connectivity index (χ2n) is 9.47. The van der Waals surface area contributed by atoms with Crippen molar-refractivity contribution < 1.29 is 34.3 Å². The van der Waals surface area contributed by atoms with E-state index in [1.54, 1.807) is 36.3 Å². The van der Waals surface area contributed by atoms with Crippen LogP contribution >= 0.6 is 0 Å². The van der Waals surface area contributed by atoms with Gasteiger partial charge in [-0.2, -0.15) is 0 Å². The van der Waals surface area contributed by atoms with Crippen LogP contribution in [0.25, 0.3) is 11.2 Å². The van der Waals surface area contributed by atoms with E-state index in [-0.39, 0.29) is 17.7 Å². The van der Waals surface area contributed by atoms with Gasteiger partial charge in [-0.25, -0.2) is 19.7 Å². The van der Waals surface area contributed by atoms with Crippen molar-refractivity contribution in [2.75, 3.05) is 32.5 Å². The monoisotopic (exact) mass is 538 g/mol. The molecule has 2 aliphatic rings. The van der Waals surface area contributed by atoms with Crippen LogP contribution < -0.4 is 15.2 Å². The summed E-state index contributed by atoms with van der Waals surface area (Å²) in [6.07, 6.45) is -1.31. The number of hydrogen-bond acceptors (Lipinski definition) is 11. The molecule has 0 radical (unpaired) electrons. The number of piperidine rings is 1. The molecule has 13 nitrogen and oxygen atoms in total. The summed E-state index contributed by atoms with van der Waals surface area (Å²) in [7, 11) is 1.58. The maximum Gasteiger partial charge on any atom is 0.415 e. The highest BCUT2D eigenvalue weighted by Crippen LogP contribution is 2.32. The highest BCUT2D eigenvalue weighted by molar-refractivity contribution is 5.82. The Balaban J connectivity index is 1.19. The second kappa shape index (κ2) is 11.4. The molecule has 13 heteroatoms. The van der Waals surface area contributed by atoms with Gasteiger partial charge in [-0.05, 0) is 48.9 Å². The van der Waals surface area contributed by atoms with Crippen molar-refractivity contribution in [2.24, 2.45) is 5.92 Å². The van der Waals surface area contributed by atoms with Crippen molar-refractivity contribution in [3.8, 4) is 23.3 Å². The van der Waals surface area contributed by atoms with Gasteiger partial charge in [0.2, 0.25) is 5.82 Å². The zero-order valence-corrected chi connectivity index (χ0v) is 21.3. The Morgan fingerprint density at radius 2 is 1.87 bits per heavy atom. The molecule has 5 N–H and O–H groups in total. The minimum absolute atomic E-state index is 0.124. The maximum absolute atomic E-state index is 12.5. The van der Waals surface area contributed by atoms with Gasteiger partial charge in [0.1, 0.15) is 35.3 Å². The van der Waals surface area contributed by atoms with Crippen LogP contribution in [-0.4, -0.2) is 90.9 Å². The van der Waals surface area contributed by atoms with Gasteiger partial charge in [0.25, 0.3) is 0 Å². The van der Waals surface area contributed by atoms with Gasteiger partial charge in [0, 0.05) is 19.5 Å². The molecule has 0 saturated carbocycles. The average Bonchev–Trinajstić information content (AvgIpc) is 3.50. The Morgan fingerprint density at radius 1 is 1.15 bits per heavy atom. The zero-order valence-electron chi connectivity index (χ0n) is 21.3. The molecule has 1 amide bonds. The number of ether oxygens (including phenoxy) is 3. The molecule has 0 bridgehead atoms. The molecule has 1 unspecified atom stereocenters. The number of anilines is 1. The number of likely N-dealkylation sites (tertiary alicyclic amines) is 1. The van der Waals surface area contributed by atoms with Crippen LogP contribution in [0.5, 0.6) is 11.5 Å². The van der Waals surface area contributed by atoms with E-state index in [0.29, 0.717) is 48.1 Å². The molecular formula is C26H30N6O7. The highest BCUT2D eigenvalue weighted by Gasteiger charge is 2.44. The van der Waals surface area contributed by atoms with Gasteiger partial charge in [-0.15, -0.1) is 0 Å². The Kier molecular flexibility index (Phi) is 7.80. The molecular weight excluding hydrogens is 508 g/mol. The van der Waals surface area contributed by atoms with Crippen molar-refractivity contribution >= 4 is 23.1 Å². The predicted molar refractivity (Wildman–Crippen MR) is 138 cm³/mol. The minimum atomic E-state index is -1.29. The molecule has 4 heterocycles. The Labute approximate surface area is 224 Å². The molecule has 0 aliphatic carbocycles. The third kappa shape index (κ3) is 5.59. The summed E-state index contributed by atoms with van der Waals surface area (Å²) in [5.74, 6) is 7.82. The third-order valence-electron chi connectivity index (χ3n) is 6.97. The number of amides is 1. The third-order valence-corrected chi connectivity index (χ3v) is 6.97. The molecule has 3 aromatic rings. The molecule has 206 valence electrons. The summed E-state index contributed by atoms with van der Waals surface area (Å²) in [5, 5.41) is 29.9. The molecule has 1 aromatic carbocycles. The smallest absolute Gasteiger partial charge is 0.415 e. The quantitative estimate of drug-likeness (QED) is 0.336. The summed E-state index contributed by atoms with van der Waals surface area (Å²) in [6.45, 7) is 0.693.